The van der Waals surface area contributed by atoms with E-state index in [1.165, 1.54) is 11.3 Å². The average molecular weight is 441 g/mol. The van der Waals surface area contributed by atoms with Crippen LogP contribution in [0.5, 0.6) is 0 Å². The van der Waals surface area contributed by atoms with E-state index in [-0.39, 0.29) is 23.6 Å². The number of carbonyl (C=O) groups is 2. The fourth-order valence-electron chi connectivity index (χ4n) is 3.84. The second-order valence-corrected chi connectivity index (χ2v) is 9.22. The Morgan fingerprint density at radius 1 is 1.13 bits per heavy atom. The van der Waals surface area contributed by atoms with E-state index in [9.17, 15) is 9.59 Å². The largest absolute Gasteiger partial charge is 0.351 e. The molecule has 30 heavy (non-hydrogen) atoms. The van der Waals surface area contributed by atoms with E-state index >= 15 is 0 Å². The number of hydrogen-bond acceptors (Lipinski definition) is 6. The number of anilines is 1. The molecule has 6 nitrogen and oxygen atoms in total. The summed E-state index contributed by atoms with van der Waals surface area (Å²) < 4.78 is 3.85. The van der Waals surface area contributed by atoms with Gasteiger partial charge in [0.15, 0.2) is 11.7 Å². The maximum atomic E-state index is 13.6. The smallest absolute Gasteiger partial charge is 0.280 e. The predicted octanol–water partition coefficient (Wildman–Crippen LogP) is 4.66. The Morgan fingerprint density at radius 2 is 1.87 bits per heavy atom. The molecule has 0 spiro atoms. The minimum absolute atomic E-state index is 0.149. The van der Waals surface area contributed by atoms with Crippen molar-refractivity contribution in [3.63, 3.8) is 0 Å². The molecule has 8 heteroatoms. The van der Waals surface area contributed by atoms with Gasteiger partial charge in [-0.25, -0.2) is 0 Å². The van der Waals surface area contributed by atoms with Crippen LogP contribution >= 0.6 is 22.9 Å². The second-order valence-electron chi connectivity index (χ2n) is 7.66. The lowest BCUT2D eigenvalue weighted by molar-refractivity contribution is -0.123. The number of nitrogens with one attached hydrogen (secondary N) is 1. The molecular formula is C22H24N4O2S2. The van der Waals surface area contributed by atoms with Crippen molar-refractivity contribution in [2.75, 3.05) is 4.90 Å². The van der Waals surface area contributed by atoms with Gasteiger partial charge in [-0.15, -0.1) is 16.4 Å². The molecule has 4 rings (SSSR count). The third kappa shape index (κ3) is 4.29. The van der Waals surface area contributed by atoms with E-state index in [1.807, 2.05) is 49.6 Å². The highest BCUT2D eigenvalue weighted by Crippen LogP contribution is 2.35. The summed E-state index contributed by atoms with van der Waals surface area (Å²) in [7, 11) is 0. The summed E-state index contributed by atoms with van der Waals surface area (Å²) >= 11 is 2.62. The van der Waals surface area contributed by atoms with Crippen molar-refractivity contribution in [1.82, 2.24) is 14.9 Å². The zero-order valence-corrected chi connectivity index (χ0v) is 18.6. The molecule has 0 aliphatic heterocycles. The van der Waals surface area contributed by atoms with Crippen molar-refractivity contribution >= 4 is 40.4 Å². The van der Waals surface area contributed by atoms with E-state index in [0.29, 0.717) is 5.69 Å². The number of carbonyl (C=O) groups excluding carboxylic acids is 2. The highest BCUT2D eigenvalue weighted by Gasteiger charge is 2.37. The Kier molecular flexibility index (Phi) is 6.24. The summed E-state index contributed by atoms with van der Waals surface area (Å²) in [5, 5.41) is 10.8. The van der Waals surface area contributed by atoms with Gasteiger partial charge in [-0.3, -0.25) is 14.5 Å². The van der Waals surface area contributed by atoms with Crippen LogP contribution < -0.4 is 10.2 Å². The lowest BCUT2D eigenvalue weighted by atomic mass is 10.1. The Bertz CT molecular complexity index is 1010. The Morgan fingerprint density at radius 3 is 2.47 bits per heavy atom. The maximum Gasteiger partial charge on any atom is 0.280 e. The molecular weight excluding hydrogens is 416 g/mol. The van der Waals surface area contributed by atoms with Gasteiger partial charge in [0.2, 0.25) is 5.91 Å². The summed E-state index contributed by atoms with van der Waals surface area (Å²) in [4.78, 5) is 29.5. The predicted molar refractivity (Wildman–Crippen MR) is 120 cm³/mol. The Balaban J connectivity index is 1.79. The summed E-state index contributed by atoms with van der Waals surface area (Å²) in [5.74, 6) is -0.475. The van der Waals surface area contributed by atoms with Crippen molar-refractivity contribution < 1.29 is 9.59 Å². The van der Waals surface area contributed by atoms with Gasteiger partial charge in [-0.05, 0) is 67.4 Å². The van der Waals surface area contributed by atoms with Crippen molar-refractivity contribution in [3.05, 3.63) is 62.8 Å². The fraction of sp³-hybridized carbons (Fsp3) is 0.364. The summed E-state index contributed by atoms with van der Waals surface area (Å²) in [6.45, 7) is 3.97. The minimum Gasteiger partial charge on any atom is -0.351 e. The normalized spacial score (nSPS) is 15.1. The number of nitrogens with zero attached hydrogens (tertiary/aromatic N) is 3. The van der Waals surface area contributed by atoms with E-state index in [2.05, 4.69) is 14.9 Å². The number of hydrogen-bond donors (Lipinski definition) is 1. The molecule has 1 aromatic carbocycles. The zero-order valence-electron chi connectivity index (χ0n) is 17.0. The molecule has 0 saturated heterocycles. The number of aryl methyl sites for hydroxylation is 2. The van der Waals surface area contributed by atoms with Gasteiger partial charge in [0, 0.05) is 22.0 Å². The first kappa shape index (κ1) is 20.7. The van der Waals surface area contributed by atoms with Crippen LogP contribution in [0.3, 0.4) is 0 Å². The number of amides is 2. The number of rotatable bonds is 6. The second kappa shape index (κ2) is 9.06. The van der Waals surface area contributed by atoms with Crippen LogP contribution in [-0.4, -0.2) is 27.4 Å². The lowest BCUT2D eigenvalue weighted by Crippen LogP contribution is -2.46. The summed E-state index contributed by atoms with van der Waals surface area (Å²) in [6.07, 6.45) is 4.21. The molecule has 0 unspecified atom stereocenters. The lowest BCUT2D eigenvalue weighted by Gasteiger charge is -2.31. The van der Waals surface area contributed by atoms with Gasteiger partial charge in [0.05, 0.1) is 0 Å². The number of benzene rings is 1. The molecule has 0 radical (unpaired) electrons. The first-order valence-corrected chi connectivity index (χ1v) is 11.8. The van der Waals surface area contributed by atoms with Crippen LogP contribution in [0.1, 0.15) is 58.2 Å². The molecule has 2 amide bonds. The highest BCUT2D eigenvalue weighted by molar-refractivity contribution is 7.10. The van der Waals surface area contributed by atoms with Crippen molar-refractivity contribution in [2.45, 2.75) is 51.6 Å². The van der Waals surface area contributed by atoms with E-state index in [4.69, 9.17) is 0 Å². The topological polar surface area (TPSA) is 75.2 Å². The van der Waals surface area contributed by atoms with Gasteiger partial charge >= 0.3 is 0 Å². The van der Waals surface area contributed by atoms with E-state index in [0.717, 1.165) is 53.2 Å². The fourth-order valence-corrected chi connectivity index (χ4v) is 5.28. The number of aromatic nitrogens is 2. The first-order valence-electron chi connectivity index (χ1n) is 10.1. The molecule has 156 valence electrons. The molecule has 1 aliphatic rings. The molecule has 2 aromatic heterocycles. The van der Waals surface area contributed by atoms with Gasteiger partial charge in [0.1, 0.15) is 0 Å². The van der Waals surface area contributed by atoms with Crippen molar-refractivity contribution in [1.29, 1.82) is 0 Å². The SMILES string of the molecule is Cc1ccc(N(C(=O)c2csnn2)[C@@H](C(=O)NC2CCCC2)c2sccc2C)cc1. The van der Waals surface area contributed by atoms with Crippen LogP contribution in [-0.2, 0) is 4.79 Å². The Hall–Kier alpha value is -2.58. The standard InChI is InChI=1S/C22H24N4O2S2/c1-14-7-9-17(10-8-14)26(22(28)18-13-30-25-24-18)19(20-15(2)11-12-29-20)21(27)23-16-5-3-4-6-16/h7-13,16,19H,3-6H2,1-2H3,(H,23,27)/t19-/m1/s1. The monoisotopic (exact) mass is 440 g/mol. The van der Waals surface area contributed by atoms with Crippen LogP contribution in [0.25, 0.3) is 0 Å². The van der Waals surface area contributed by atoms with Crippen molar-refractivity contribution in [2.24, 2.45) is 0 Å². The minimum atomic E-state index is -0.762. The molecule has 1 fully saturated rings. The van der Waals surface area contributed by atoms with E-state index in [1.54, 1.807) is 10.3 Å². The third-order valence-corrected chi connectivity index (χ3v) is 7.04. The van der Waals surface area contributed by atoms with Gasteiger partial charge in [-0.1, -0.05) is 35.0 Å². The van der Waals surface area contributed by atoms with E-state index < -0.39 is 6.04 Å². The van der Waals surface area contributed by atoms with Crippen LogP contribution in [0.15, 0.2) is 41.1 Å². The molecule has 1 saturated carbocycles. The molecule has 1 N–H and O–H groups in total. The van der Waals surface area contributed by atoms with Crippen molar-refractivity contribution in [3.8, 4) is 0 Å². The third-order valence-electron chi connectivity index (χ3n) is 5.47. The molecule has 0 bridgehead atoms. The zero-order chi connectivity index (χ0) is 21.1. The van der Waals surface area contributed by atoms with Crippen LogP contribution in [0, 0.1) is 13.8 Å². The quantitative estimate of drug-likeness (QED) is 0.605. The molecule has 2 heterocycles. The first-order chi connectivity index (χ1) is 14.5. The average Bonchev–Trinajstić information content (AvgIpc) is 3.50. The van der Waals surface area contributed by atoms with Gasteiger partial charge < -0.3 is 5.32 Å². The number of thiophene rings is 1. The summed E-state index contributed by atoms with van der Waals surface area (Å²) in [6, 6.07) is 9.04. The molecule has 1 atom stereocenters. The Labute approximate surface area is 184 Å². The van der Waals surface area contributed by atoms with Crippen LogP contribution in [0.2, 0.25) is 0 Å². The maximum absolute atomic E-state index is 13.6. The molecule has 3 aromatic rings. The van der Waals surface area contributed by atoms with Gasteiger partial charge in [0.25, 0.3) is 5.91 Å². The molecule has 1 aliphatic carbocycles. The van der Waals surface area contributed by atoms with Crippen LogP contribution in [0.4, 0.5) is 5.69 Å². The van der Waals surface area contributed by atoms with Gasteiger partial charge in [-0.2, -0.15) is 0 Å². The highest BCUT2D eigenvalue weighted by atomic mass is 32.1. The summed E-state index contributed by atoms with van der Waals surface area (Å²) in [5.41, 5.74) is 2.99.